The van der Waals surface area contributed by atoms with Gasteiger partial charge in [-0.3, -0.25) is 0 Å². The maximum absolute atomic E-state index is 9.98. The molecule has 6 rings (SSSR count). The lowest BCUT2D eigenvalue weighted by atomic mass is 9.76. The Bertz CT molecular complexity index is 1810. The first-order valence-corrected chi connectivity index (χ1v) is 15.9. The zero-order chi connectivity index (χ0) is 31.6. The maximum atomic E-state index is 9.98. The smallest absolute Gasteiger partial charge is 0.127 e. The van der Waals surface area contributed by atoms with Crippen molar-refractivity contribution in [2.45, 2.75) is 46.1 Å². The molecule has 0 aliphatic carbocycles. The minimum absolute atomic E-state index is 0.232. The molecular formula is C42H42O3. The van der Waals surface area contributed by atoms with Gasteiger partial charge in [-0.15, -0.1) is 0 Å². The number of fused-ring (bicyclic) bond motifs is 2. The Morgan fingerprint density at radius 2 is 0.978 bits per heavy atom. The summed E-state index contributed by atoms with van der Waals surface area (Å²) in [6.07, 6.45) is -0.560. The van der Waals surface area contributed by atoms with Crippen molar-refractivity contribution >= 4 is 21.5 Å². The third-order valence-corrected chi connectivity index (χ3v) is 8.58. The standard InChI is InChI=1S/C42H42O3/c1-28(2)26-44-40-20-18-36(24-38(40)34-16-14-30-10-6-8-12-32(30)22-34)42(4,5)37-19-21-41(45-27-29(3)43)39(25-37)35-17-15-31-11-7-9-13-33(31)23-35/h6-25,28-29,43H,26-27H2,1-5H3. The second-order valence-electron chi connectivity index (χ2n) is 13.0. The van der Waals surface area contributed by atoms with Crippen molar-refractivity contribution in [1.82, 2.24) is 0 Å². The van der Waals surface area contributed by atoms with Crippen molar-refractivity contribution in [2.75, 3.05) is 13.2 Å². The van der Waals surface area contributed by atoms with Gasteiger partial charge in [0.1, 0.15) is 18.1 Å². The van der Waals surface area contributed by atoms with Crippen molar-refractivity contribution in [3.63, 3.8) is 0 Å². The summed E-state index contributed by atoms with van der Waals surface area (Å²) in [5.41, 5.74) is 6.39. The molecule has 0 aliphatic rings. The Morgan fingerprint density at radius 3 is 1.42 bits per heavy atom. The van der Waals surface area contributed by atoms with Crippen LogP contribution in [-0.4, -0.2) is 24.4 Å². The van der Waals surface area contributed by atoms with Gasteiger partial charge in [0.2, 0.25) is 0 Å². The highest BCUT2D eigenvalue weighted by Crippen LogP contribution is 2.42. The summed E-state index contributed by atoms with van der Waals surface area (Å²) in [5.74, 6) is 2.09. The average Bonchev–Trinajstić information content (AvgIpc) is 3.05. The molecule has 228 valence electrons. The molecule has 0 aromatic heterocycles. The number of benzene rings is 6. The summed E-state index contributed by atoms with van der Waals surface area (Å²) in [7, 11) is 0. The molecule has 45 heavy (non-hydrogen) atoms. The van der Waals surface area contributed by atoms with E-state index in [4.69, 9.17) is 9.47 Å². The van der Waals surface area contributed by atoms with E-state index in [9.17, 15) is 5.11 Å². The molecule has 0 bridgehead atoms. The van der Waals surface area contributed by atoms with Crippen LogP contribution in [0, 0.1) is 5.92 Å². The number of ether oxygens (including phenoxy) is 2. The number of hydrogen-bond acceptors (Lipinski definition) is 3. The van der Waals surface area contributed by atoms with E-state index in [1.165, 1.54) is 32.7 Å². The largest absolute Gasteiger partial charge is 0.493 e. The lowest BCUT2D eigenvalue weighted by Gasteiger charge is -2.29. The number of rotatable bonds is 10. The minimum atomic E-state index is -0.560. The van der Waals surface area contributed by atoms with Gasteiger partial charge in [0.15, 0.2) is 0 Å². The van der Waals surface area contributed by atoms with Crippen molar-refractivity contribution in [3.8, 4) is 33.8 Å². The molecule has 0 heterocycles. The lowest BCUT2D eigenvalue weighted by molar-refractivity contribution is 0.123. The molecule has 1 atom stereocenters. The molecule has 6 aromatic rings. The summed E-state index contributed by atoms with van der Waals surface area (Å²) >= 11 is 0. The number of aliphatic hydroxyl groups excluding tert-OH is 1. The highest BCUT2D eigenvalue weighted by atomic mass is 16.5. The zero-order valence-corrected chi connectivity index (χ0v) is 26.9. The fourth-order valence-corrected chi connectivity index (χ4v) is 5.89. The second-order valence-corrected chi connectivity index (χ2v) is 13.0. The van der Waals surface area contributed by atoms with Crippen LogP contribution >= 0.6 is 0 Å². The summed E-state index contributed by atoms with van der Waals surface area (Å²) < 4.78 is 12.5. The van der Waals surface area contributed by atoms with E-state index in [2.05, 4.69) is 143 Å². The highest BCUT2D eigenvalue weighted by Gasteiger charge is 2.26. The average molecular weight is 595 g/mol. The van der Waals surface area contributed by atoms with Gasteiger partial charge in [0, 0.05) is 16.5 Å². The van der Waals surface area contributed by atoms with Crippen LogP contribution in [0.25, 0.3) is 43.8 Å². The first-order valence-electron chi connectivity index (χ1n) is 15.9. The molecule has 1 N–H and O–H groups in total. The molecule has 3 heteroatoms. The van der Waals surface area contributed by atoms with E-state index in [1.54, 1.807) is 6.92 Å². The van der Waals surface area contributed by atoms with Crippen molar-refractivity contribution < 1.29 is 14.6 Å². The number of aliphatic hydroxyl groups is 1. The van der Waals surface area contributed by atoms with Gasteiger partial charge < -0.3 is 14.6 Å². The normalized spacial score (nSPS) is 12.5. The Balaban J connectivity index is 1.45. The molecule has 0 aliphatic heterocycles. The van der Waals surface area contributed by atoms with Crippen LogP contribution in [0.15, 0.2) is 121 Å². The van der Waals surface area contributed by atoms with Crippen molar-refractivity contribution in [2.24, 2.45) is 5.92 Å². The van der Waals surface area contributed by atoms with E-state index in [0.29, 0.717) is 12.5 Å². The first-order chi connectivity index (χ1) is 21.7. The monoisotopic (exact) mass is 594 g/mol. The first kappa shape index (κ1) is 30.4. The SMILES string of the molecule is CC(C)COc1ccc(C(C)(C)c2ccc(OCC(C)O)c(-c3ccc4ccccc4c3)c2)cc1-c1ccc2ccccc2c1. The van der Waals surface area contributed by atoms with Crippen molar-refractivity contribution in [1.29, 1.82) is 0 Å². The molecule has 1 unspecified atom stereocenters. The molecule has 3 nitrogen and oxygen atoms in total. The quantitative estimate of drug-likeness (QED) is 0.171. The van der Waals surface area contributed by atoms with Gasteiger partial charge in [0.05, 0.1) is 12.7 Å². The maximum Gasteiger partial charge on any atom is 0.127 e. The predicted molar refractivity (Wildman–Crippen MR) is 188 cm³/mol. The fraction of sp³-hybridized carbons (Fsp3) is 0.238. The summed E-state index contributed by atoms with van der Waals surface area (Å²) in [4.78, 5) is 0. The molecule has 0 radical (unpaired) electrons. The van der Waals surface area contributed by atoms with Gasteiger partial charge in [-0.25, -0.2) is 0 Å². The highest BCUT2D eigenvalue weighted by molar-refractivity contribution is 5.89. The Morgan fingerprint density at radius 1 is 0.533 bits per heavy atom. The second kappa shape index (κ2) is 12.8. The molecule has 0 amide bonds. The Kier molecular flexibility index (Phi) is 8.65. The predicted octanol–water partition coefficient (Wildman–Crippen LogP) is 10.4. The van der Waals surface area contributed by atoms with Crippen LogP contribution in [0.4, 0.5) is 0 Å². The molecule has 0 spiro atoms. The van der Waals surface area contributed by atoms with Gasteiger partial charge in [0.25, 0.3) is 0 Å². The van der Waals surface area contributed by atoms with E-state index in [1.807, 2.05) is 6.07 Å². The molecule has 6 aromatic carbocycles. The van der Waals surface area contributed by atoms with Gasteiger partial charge >= 0.3 is 0 Å². The van der Waals surface area contributed by atoms with Gasteiger partial charge in [-0.1, -0.05) is 113 Å². The zero-order valence-electron chi connectivity index (χ0n) is 26.9. The van der Waals surface area contributed by atoms with Crippen LogP contribution in [0.5, 0.6) is 11.5 Å². The summed E-state index contributed by atoms with van der Waals surface area (Å²) in [6.45, 7) is 11.5. The Labute approximate surface area is 267 Å². The van der Waals surface area contributed by atoms with Crippen LogP contribution in [-0.2, 0) is 5.41 Å². The minimum Gasteiger partial charge on any atom is -0.493 e. The van der Waals surface area contributed by atoms with Gasteiger partial charge in [-0.2, -0.15) is 0 Å². The summed E-state index contributed by atoms with van der Waals surface area (Å²) in [5, 5.41) is 14.8. The topological polar surface area (TPSA) is 38.7 Å². The van der Waals surface area contributed by atoms with Crippen LogP contribution < -0.4 is 9.47 Å². The number of hydrogen-bond donors (Lipinski definition) is 1. The lowest BCUT2D eigenvalue weighted by Crippen LogP contribution is -2.20. The third-order valence-electron chi connectivity index (χ3n) is 8.58. The van der Waals surface area contributed by atoms with E-state index >= 15 is 0 Å². The molecular weight excluding hydrogens is 552 g/mol. The van der Waals surface area contributed by atoms with Crippen LogP contribution in [0.3, 0.4) is 0 Å². The molecule has 0 saturated heterocycles. The fourth-order valence-electron chi connectivity index (χ4n) is 5.89. The Hall–Kier alpha value is -4.60. The third kappa shape index (κ3) is 6.60. The van der Waals surface area contributed by atoms with E-state index < -0.39 is 6.10 Å². The van der Waals surface area contributed by atoms with Crippen LogP contribution in [0.1, 0.15) is 45.7 Å². The molecule has 0 saturated carbocycles. The van der Waals surface area contributed by atoms with Crippen LogP contribution in [0.2, 0.25) is 0 Å². The van der Waals surface area contributed by atoms with E-state index in [0.717, 1.165) is 33.8 Å². The van der Waals surface area contributed by atoms with E-state index in [-0.39, 0.29) is 12.0 Å². The molecule has 0 fully saturated rings. The van der Waals surface area contributed by atoms with Crippen molar-refractivity contribution in [3.05, 3.63) is 132 Å². The van der Waals surface area contributed by atoms with Gasteiger partial charge in [-0.05, 0) is 93.0 Å². The summed E-state index contributed by atoms with van der Waals surface area (Å²) in [6, 6.07) is 43.1.